The van der Waals surface area contributed by atoms with Gasteiger partial charge < -0.3 is 14.9 Å². The molecule has 0 bridgehead atoms. The lowest BCUT2D eigenvalue weighted by atomic mass is 9.49. The molecule has 2 aliphatic heterocycles. The van der Waals surface area contributed by atoms with E-state index >= 15 is 4.79 Å². The van der Waals surface area contributed by atoms with Crippen LogP contribution in [-0.4, -0.2) is 58.4 Å². The number of carbonyl (C=O) groups is 5. The zero-order chi connectivity index (χ0) is 34.8. The normalized spacial score (nSPS) is 27.5. The van der Waals surface area contributed by atoms with Crippen molar-refractivity contribution in [1.29, 1.82) is 0 Å². The van der Waals surface area contributed by atoms with Crippen LogP contribution in [0.25, 0.3) is 0 Å². The summed E-state index contributed by atoms with van der Waals surface area (Å²) in [5.74, 6) is -6.22. The minimum Gasteiger partial charge on any atom is -0.504 e. The quantitative estimate of drug-likeness (QED) is 0.169. The molecule has 2 heterocycles. The van der Waals surface area contributed by atoms with Gasteiger partial charge in [-0.25, -0.2) is 4.90 Å². The number of amides is 4. The fourth-order valence-corrected chi connectivity index (χ4v) is 9.52. The van der Waals surface area contributed by atoms with Gasteiger partial charge in [-0.2, -0.15) is 0 Å². The molecule has 0 spiro atoms. The number of likely N-dealkylation sites (tertiary alicyclic amines) is 1. The van der Waals surface area contributed by atoms with E-state index in [1.54, 1.807) is 36.4 Å². The first-order valence-electron chi connectivity index (χ1n) is 16.0. The van der Waals surface area contributed by atoms with Crippen LogP contribution >= 0.6 is 34.2 Å². The van der Waals surface area contributed by atoms with Crippen LogP contribution < -0.4 is 9.64 Å². The van der Waals surface area contributed by atoms with E-state index in [4.69, 9.17) is 21.4 Å². The van der Waals surface area contributed by atoms with E-state index in [0.717, 1.165) is 5.57 Å². The van der Waals surface area contributed by atoms with Crippen LogP contribution in [0.4, 0.5) is 5.69 Å². The zero-order valence-corrected chi connectivity index (χ0v) is 29.3. The number of phenolic OH excluding ortho intramolecular Hbond substituents is 1. The van der Waals surface area contributed by atoms with Crippen LogP contribution in [0.5, 0.6) is 11.5 Å². The molecule has 3 aromatic rings. The maximum absolute atomic E-state index is 15.3. The molecule has 3 aromatic carbocycles. The van der Waals surface area contributed by atoms with Crippen molar-refractivity contribution >= 4 is 69.5 Å². The van der Waals surface area contributed by atoms with Crippen LogP contribution in [0.3, 0.4) is 0 Å². The van der Waals surface area contributed by atoms with Gasteiger partial charge in [0.1, 0.15) is 0 Å². The molecular formula is C37H32ClIN2O8. The minimum atomic E-state index is -1.46. The van der Waals surface area contributed by atoms with Gasteiger partial charge in [-0.3, -0.25) is 28.9 Å². The predicted octanol–water partition coefficient (Wildman–Crippen LogP) is 5.69. The molecule has 49 heavy (non-hydrogen) atoms. The number of imide groups is 2. The second kappa shape index (κ2) is 12.6. The molecule has 0 radical (unpaired) electrons. The third kappa shape index (κ3) is 5.07. The summed E-state index contributed by atoms with van der Waals surface area (Å²) < 4.78 is 6.04. The smallest absolute Gasteiger partial charge is 0.303 e. The number of anilines is 1. The Labute approximate surface area is 300 Å². The summed E-state index contributed by atoms with van der Waals surface area (Å²) in [6.45, 7) is -0.00680. The van der Waals surface area contributed by atoms with Crippen molar-refractivity contribution in [2.24, 2.45) is 23.7 Å². The summed E-state index contributed by atoms with van der Waals surface area (Å²) in [7, 11) is 1.44. The van der Waals surface area contributed by atoms with E-state index in [0.29, 0.717) is 25.4 Å². The Hall–Kier alpha value is -4.23. The number of fused-ring (bicyclic) bond motifs is 4. The Morgan fingerprint density at radius 2 is 1.76 bits per heavy atom. The Morgan fingerprint density at radius 3 is 2.45 bits per heavy atom. The molecule has 0 unspecified atom stereocenters. The number of benzene rings is 3. The summed E-state index contributed by atoms with van der Waals surface area (Å²) in [6, 6.07) is 19.2. The number of hydrogen-bond acceptors (Lipinski definition) is 7. The summed E-state index contributed by atoms with van der Waals surface area (Å²) in [4.78, 5) is 71.5. The lowest BCUT2D eigenvalue weighted by molar-refractivity contribution is -0.142. The molecule has 10 nitrogen and oxygen atoms in total. The Kier molecular flexibility index (Phi) is 8.54. The van der Waals surface area contributed by atoms with Crippen molar-refractivity contribution in [2.45, 2.75) is 37.0 Å². The average Bonchev–Trinajstić information content (AvgIpc) is 3.46. The molecule has 0 aromatic heterocycles. The average molecular weight is 795 g/mol. The van der Waals surface area contributed by atoms with Crippen LogP contribution in [-0.2, 0) is 29.4 Å². The maximum atomic E-state index is 15.3. The molecule has 2 N–H and O–H groups in total. The number of halogens is 2. The van der Waals surface area contributed by atoms with Gasteiger partial charge in [-0.05, 0) is 89.2 Å². The molecule has 4 amide bonds. The van der Waals surface area contributed by atoms with Gasteiger partial charge in [0, 0.05) is 23.9 Å². The maximum Gasteiger partial charge on any atom is 0.303 e. The molecule has 7 rings (SSSR count). The number of ether oxygens (including phenoxy) is 1. The fraction of sp³-hybridized carbons (Fsp3) is 0.324. The molecular weight excluding hydrogens is 763 g/mol. The molecule has 1 saturated carbocycles. The summed E-state index contributed by atoms with van der Waals surface area (Å²) in [5, 5.41) is 20.4. The number of allylic oxidation sites excluding steroid dienone is 2. The molecule has 252 valence electrons. The third-order valence-electron chi connectivity index (χ3n) is 10.6. The van der Waals surface area contributed by atoms with Gasteiger partial charge in [0.2, 0.25) is 23.6 Å². The molecule has 2 saturated heterocycles. The van der Waals surface area contributed by atoms with E-state index in [2.05, 4.69) is 0 Å². The number of aliphatic carboxylic acids is 1. The Balaban J connectivity index is 1.45. The van der Waals surface area contributed by atoms with Crippen molar-refractivity contribution < 1.29 is 38.9 Å². The van der Waals surface area contributed by atoms with Gasteiger partial charge in [-0.15, -0.1) is 0 Å². The van der Waals surface area contributed by atoms with Gasteiger partial charge in [0.05, 0.1) is 39.5 Å². The van der Waals surface area contributed by atoms with E-state index in [1.807, 2.05) is 59.0 Å². The van der Waals surface area contributed by atoms with E-state index < -0.39 is 52.8 Å². The summed E-state index contributed by atoms with van der Waals surface area (Å²) in [5.41, 5.74) is 0.878. The number of hydrogen-bond donors (Lipinski definition) is 2. The lowest BCUT2D eigenvalue weighted by Crippen LogP contribution is -2.53. The number of nitrogens with zero attached hydrogens (tertiary/aromatic N) is 2. The molecule has 12 heteroatoms. The van der Waals surface area contributed by atoms with Crippen LogP contribution in [0.15, 0.2) is 78.4 Å². The number of carboxylic acid groups (broad SMARTS) is 1. The van der Waals surface area contributed by atoms with Crippen molar-refractivity contribution in [3.05, 3.63) is 98.1 Å². The van der Waals surface area contributed by atoms with Gasteiger partial charge in [0.25, 0.3) is 0 Å². The number of rotatable bonds is 8. The molecule has 2 aliphatic carbocycles. The first kappa shape index (κ1) is 33.3. The molecule has 3 fully saturated rings. The third-order valence-corrected chi connectivity index (χ3v) is 11.7. The summed E-state index contributed by atoms with van der Waals surface area (Å²) in [6.07, 6.45) is 2.28. The van der Waals surface area contributed by atoms with Crippen LogP contribution in [0.2, 0.25) is 5.02 Å². The van der Waals surface area contributed by atoms with Crippen LogP contribution in [0, 0.1) is 27.2 Å². The van der Waals surface area contributed by atoms with E-state index in [1.165, 1.54) is 16.9 Å². The van der Waals surface area contributed by atoms with Crippen molar-refractivity contribution in [1.82, 2.24) is 4.90 Å². The fourth-order valence-electron chi connectivity index (χ4n) is 8.71. The van der Waals surface area contributed by atoms with Crippen molar-refractivity contribution in [3.8, 4) is 11.5 Å². The first-order chi connectivity index (χ1) is 23.5. The van der Waals surface area contributed by atoms with Gasteiger partial charge in [-0.1, -0.05) is 59.6 Å². The van der Waals surface area contributed by atoms with Crippen molar-refractivity contribution in [3.63, 3.8) is 0 Å². The number of phenols is 1. The highest BCUT2D eigenvalue weighted by Gasteiger charge is 2.70. The lowest BCUT2D eigenvalue weighted by Gasteiger charge is -2.50. The number of methoxy groups -OCH3 is 1. The van der Waals surface area contributed by atoms with Gasteiger partial charge in [0.15, 0.2) is 11.5 Å². The zero-order valence-electron chi connectivity index (χ0n) is 26.3. The second-order valence-corrected chi connectivity index (χ2v) is 14.6. The minimum absolute atomic E-state index is 0.00680. The van der Waals surface area contributed by atoms with E-state index in [9.17, 15) is 24.3 Å². The second-order valence-electron chi connectivity index (χ2n) is 13.0. The molecule has 4 aliphatic rings. The largest absolute Gasteiger partial charge is 0.504 e. The predicted molar refractivity (Wildman–Crippen MR) is 187 cm³/mol. The molecule has 6 atom stereocenters. The summed E-state index contributed by atoms with van der Waals surface area (Å²) >= 11 is 8.37. The highest BCUT2D eigenvalue weighted by Crippen LogP contribution is 2.65. The number of aromatic hydroxyl groups is 1. The highest BCUT2D eigenvalue weighted by atomic mass is 127. The van der Waals surface area contributed by atoms with Gasteiger partial charge >= 0.3 is 5.97 Å². The number of carbonyl (C=O) groups excluding carboxylic acids is 4. The van der Waals surface area contributed by atoms with Crippen LogP contribution in [0.1, 0.15) is 42.7 Å². The topological polar surface area (TPSA) is 142 Å². The number of carboxylic acids is 1. The Bertz CT molecular complexity index is 1950. The SMILES string of the molecule is COc1cc([C@H]2C3=CC[C@@H]4C(=O)N(CCCC(=O)O)C(=O)[C@@H]4[C@@H]3C[C@H]3C(=O)N(c4cccc(Cl)c4)C(=O)[C@@]23c2ccccc2)cc(I)c1O. The highest BCUT2D eigenvalue weighted by molar-refractivity contribution is 14.1. The first-order valence-corrected chi connectivity index (χ1v) is 17.5. The van der Waals surface area contributed by atoms with Crippen molar-refractivity contribution in [2.75, 3.05) is 18.6 Å². The monoisotopic (exact) mass is 794 g/mol. The Morgan fingerprint density at radius 1 is 1.00 bits per heavy atom. The van der Waals surface area contributed by atoms with E-state index in [-0.39, 0.29) is 55.5 Å². The standard InChI is InChI=1S/C37H32ClIN2O8/c1-49-28-16-19(15-27(39)32(28)44)31-23-12-13-24-30(35(47)40(33(24)45)14-6-11-29(42)43)25(23)18-26-34(46)41(22-10-5-9-21(38)17-22)36(48)37(26,31)20-7-3-2-4-8-20/h2-5,7-10,12,15-17,24-26,30-31,44H,6,11,13-14,18H2,1H3,(H,42,43)/t24-,25+,26-,30-,31-,37+/m0/s1.